The molecule has 0 aliphatic carbocycles. The van der Waals surface area contributed by atoms with Crippen LogP contribution in [0.3, 0.4) is 0 Å². The van der Waals surface area contributed by atoms with E-state index < -0.39 is 18.7 Å². The van der Waals surface area contributed by atoms with Gasteiger partial charge in [0.1, 0.15) is 6.61 Å². The van der Waals surface area contributed by atoms with Gasteiger partial charge in [-0.15, -0.1) is 0 Å². The maximum atomic E-state index is 10.5. The molecule has 0 radical (unpaired) electrons. The first-order valence-electron chi connectivity index (χ1n) is 2.78. The summed E-state index contributed by atoms with van der Waals surface area (Å²) in [7, 11) is 0. The van der Waals surface area contributed by atoms with Crippen molar-refractivity contribution in [3.05, 3.63) is 12.7 Å². The molecule has 0 rings (SSSR count). The van der Waals surface area contributed by atoms with Crippen LogP contribution < -0.4 is 0 Å². The van der Waals surface area contributed by atoms with Gasteiger partial charge in [0.05, 0.1) is 6.61 Å². The zero-order valence-corrected chi connectivity index (χ0v) is 5.49. The number of aliphatic hydroxyl groups is 2. The zero-order valence-electron chi connectivity index (χ0n) is 5.49. The second-order valence-electron chi connectivity index (χ2n) is 1.62. The predicted molar refractivity (Wildman–Crippen MR) is 41.4 cm³/mol. The SMILES string of the molecule is C=CCOC(=O)C(O)CO.[KH]. The van der Waals surface area contributed by atoms with Crippen molar-refractivity contribution in [1.82, 2.24) is 0 Å². The summed E-state index contributed by atoms with van der Waals surface area (Å²) in [6, 6.07) is 0. The van der Waals surface area contributed by atoms with E-state index in [0.717, 1.165) is 0 Å². The minimum absolute atomic E-state index is 0. The molecule has 11 heavy (non-hydrogen) atoms. The van der Waals surface area contributed by atoms with Crippen LogP contribution in [0.25, 0.3) is 0 Å². The molecule has 1 atom stereocenters. The molecule has 4 nitrogen and oxygen atoms in total. The van der Waals surface area contributed by atoms with Crippen LogP contribution in [0.5, 0.6) is 0 Å². The second-order valence-corrected chi connectivity index (χ2v) is 1.62. The van der Waals surface area contributed by atoms with Gasteiger partial charge in [-0.2, -0.15) is 0 Å². The quantitative estimate of drug-likeness (QED) is 0.316. The van der Waals surface area contributed by atoms with Crippen molar-refractivity contribution in [2.75, 3.05) is 13.2 Å². The molecule has 5 heteroatoms. The number of carbonyl (C=O) groups is 1. The van der Waals surface area contributed by atoms with Crippen LogP contribution in [0.4, 0.5) is 0 Å². The molecule has 0 aliphatic rings. The number of carbonyl (C=O) groups excluding carboxylic acids is 1. The van der Waals surface area contributed by atoms with Crippen molar-refractivity contribution >= 4 is 57.4 Å². The maximum absolute atomic E-state index is 10.5. The summed E-state index contributed by atoms with van der Waals surface area (Å²) in [4.78, 5) is 10.5. The van der Waals surface area contributed by atoms with E-state index in [1.54, 1.807) is 0 Å². The third-order valence-electron chi connectivity index (χ3n) is 0.788. The fourth-order valence-electron chi connectivity index (χ4n) is 0.312. The molecular formula is C6H11KO4. The number of hydrogen-bond acceptors (Lipinski definition) is 4. The normalized spacial score (nSPS) is 11.1. The Morgan fingerprint density at radius 1 is 1.73 bits per heavy atom. The molecular weight excluding hydrogens is 175 g/mol. The van der Waals surface area contributed by atoms with E-state index in [4.69, 9.17) is 10.2 Å². The number of aliphatic hydroxyl groups excluding tert-OH is 2. The van der Waals surface area contributed by atoms with E-state index in [1.165, 1.54) is 6.08 Å². The Balaban J connectivity index is 0. The summed E-state index contributed by atoms with van der Waals surface area (Å²) >= 11 is 0. The fourth-order valence-corrected chi connectivity index (χ4v) is 0.312. The molecule has 0 aromatic heterocycles. The first kappa shape index (κ1) is 14.3. The molecule has 0 aromatic rings. The molecule has 2 N–H and O–H groups in total. The average Bonchev–Trinajstić information content (AvgIpc) is 1.98. The van der Waals surface area contributed by atoms with Crippen LogP contribution in [0, 0.1) is 0 Å². The summed E-state index contributed by atoms with van der Waals surface area (Å²) in [5.41, 5.74) is 0. The van der Waals surface area contributed by atoms with Gasteiger partial charge >= 0.3 is 57.4 Å². The Morgan fingerprint density at radius 2 is 2.27 bits per heavy atom. The van der Waals surface area contributed by atoms with Crippen molar-refractivity contribution in [3.63, 3.8) is 0 Å². The molecule has 0 aliphatic heterocycles. The van der Waals surface area contributed by atoms with Crippen LogP contribution in [0.2, 0.25) is 0 Å². The monoisotopic (exact) mass is 186 g/mol. The summed E-state index contributed by atoms with van der Waals surface area (Å²) in [6.45, 7) is 2.73. The van der Waals surface area contributed by atoms with Crippen LogP contribution in [0.1, 0.15) is 0 Å². The zero-order chi connectivity index (χ0) is 7.98. The van der Waals surface area contributed by atoms with Crippen molar-refractivity contribution in [1.29, 1.82) is 0 Å². The summed E-state index contributed by atoms with van der Waals surface area (Å²) in [5, 5.41) is 16.8. The predicted octanol–water partition coefficient (Wildman–Crippen LogP) is -1.58. The first-order valence-corrected chi connectivity index (χ1v) is 2.78. The number of hydrogen-bond donors (Lipinski definition) is 2. The van der Waals surface area contributed by atoms with E-state index >= 15 is 0 Å². The number of rotatable bonds is 4. The molecule has 0 amide bonds. The minimum atomic E-state index is -1.43. The topological polar surface area (TPSA) is 66.8 Å². The van der Waals surface area contributed by atoms with Gasteiger partial charge < -0.3 is 14.9 Å². The van der Waals surface area contributed by atoms with E-state index in [1.807, 2.05) is 0 Å². The first-order chi connectivity index (χ1) is 4.72. The van der Waals surface area contributed by atoms with Crippen LogP contribution in [-0.4, -0.2) is 86.9 Å². The van der Waals surface area contributed by atoms with Crippen molar-refractivity contribution in [3.8, 4) is 0 Å². The molecule has 0 aromatic carbocycles. The Morgan fingerprint density at radius 3 is 2.64 bits per heavy atom. The Bertz CT molecular complexity index is 126. The standard InChI is InChI=1S/C6H10O4.K.H/c1-2-3-10-6(9)5(8)4-7;;/h2,5,7-8H,1,3-4H2;;. The van der Waals surface area contributed by atoms with Gasteiger partial charge in [0.15, 0.2) is 6.10 Å². The van der Waals surface area contributed by atoms with Gasteiger partial charge in [-0.1, -0.05) is 12.7 Å². The molecule has 0 bridgehead atoms. The van der Waals surface area contributed by atoms with Gasteiger partial charge in [-0.25, -0.2) is 4.79 Å². The van der Waals surface area contributed by atoms with Crippen LogP contribution in [-0.2, 0) is 9.53 Å². The van der Waals surface area contributed by atoms with E-state index in [9.17, 15) is 4.79 Å². The van der Waals surface area contributed by atoms with Gasteiger partial charge in [0.2, 0.25) is 0 Å². The molecule has 1 unspecified atom stereocenters. The van der Waals surface area contributed by atoms with Crippen molar-refractivity contribution in [2.45, 2.75) is 6.10 Å². The second kappa shape index (κ2) is 8.86. The summed E-state index contributed by atoms with van der Waals surface area (Å²) in [6.07, 6.45) is -0.0536. The molecule has 0 spiro atoms. The van der Waals surface area contributed by atoms with Crippen LogP contribution >= 0.6 is 0 Å². The third kappa shape index (κ3) is 7.14. The molecule has 0 saturated carbocycles. The van der Waals surface area contributed by atoms with Gasteiger partial charge in [-0.3, -0.25) is 0 Å². The summed E-state index contributed by atoms with van der Waals surface area (Å²) < 4.78 is 4.38. The Kier molecular flexibility index (Phi) is 11.5. The molecule has 60 valence electrons. The Labute approximate surface area is 108 Å². The van der Waals surface area contributed by atoms with Crippen LogP contribution in [0.15, 0.2) is 12.7 Å². The Hall–Kier alpha value is 0.766. The molecule has 0 fully saturated rings. The van der Waals surface area contributed by atoms with E-state index in [2.05, 4.69) is 11.3 Å². The van der Waals surface area contributed by atoms with E-state index in [0.29, 0.717) is 0 Å². The van der Waals surface area contributed by atoms with E-state index in [-0.39, 0.29) is 58.0 Å². The number of ether oxygens (including phenoxy) is 1. The van der Waals surface area contributed by atoms with Gasteiger partial charge in [0.25, 0.3) is 0 Å². The molecule has 0 saturated heterocycles. The van der Waals surface area contributed by atoms with Gasteiger partial charge in [-0.05, 0) is 0 Å². The van der Waals surface area contributed by atoms with Gasteiger partial charge in [0, 0.05) is 0 Å². The third-order valence-corrected chi connectivity index (χ3v) is 0.788. The molecule has 0 heterocycles. The number of esters is 1. The van der Waals surface area contributed by atoms with Crippen molar-refractivity contribution < 1.29 is 19.7 Å². The summed E-state index contributed by atoms with van der Waals surface area (Å²) in [5.74, 6) is -0.831. The fraction of sp³-hybridized carbons (Fsp3) is 0.500. The van der Waals surface area contributed by atoms with Crippen molar-refractivity contribution in [2.24, 2.45) is 0 Å². The average molecular weight is 186 g/mol.